The number of hydrogen-bond acceptors (Lipinski definition) is 4. The normalized spacial score (nSPS) is 20.4. The van der Waals surface area contributed by atoms with E-state index in [-0.39, 0.29) is 5.30 Å². The van der Waals surface area contributed by atoms with Crippen LogP contribution in [-0.4, -0.2) is 27.1 Å². The highest BCUT2D eigenvalue weighted by molar-refractivity contribution is 8.54. The van der Waals surface area contributed by atoms with Crippen molar-refractivity contribution in [1.29, 1.82) is 0 Å². The Balaban J connectivity index is 2.37. The van der Waals surface area contributed by atoms with Crippen molar-refractivity contribution in [2.24, 2.45) is 12.0 Å². The van der Waals surface area contributed by atoms with Crippen molar-refractivity contribution in [1.82, 2.24) is 4.57 Å². The minimum atomic E-state index is -1.04. The van der Waals surface area contributed by atoms with E-state index in [0.717, 1.165) is 15.1 Å². The van der Waals surface area contributed by atoms with Crippen LogP contribution in [0.5, 0.6) is 0 Å². The largest absolute Gasteiger partial charge is 0.459 e. The van der Waals surface area contributed by atoms with Gasteiger partial charge in [-0.05, 0) is 19.2 Å². The lowest BCUT2D eigenvalue weighted by molar-refractivity contribution is 0.181. The number of aromatic nitrogens is 1. The molecule has 0 aliphatic carbocycles. The molecule has 0 saturated carbocycles. The minimum absolute atomic E-state index is 0.143. The predicted octanol–water partition coefficient (Wildman–Crippen LogP) is 2.91. The second kappa shape index (κ2) is 4.55. The van der Waals surface area contributed by atoms with E-state index in [1.54, 1.807) is 0 Å². The number of aliphatic imine (C=N–C) groups is 1. The molecule has 6 heteroatoms. The zero-order valence-electron chi connectivity index (χ0n) is 9.43. The van der Waals surface area contributed by atoms with E-state index in [4.69, 9.17) is 4.74 Å². The quantitative estimate of drug-likeness (QED) is 0.622. The van der Waals surface area contributed by atoms with Gasteiger partial charge in [0, 0.05) is 18.1 Å². The van der Waals surface area contributed by atoms with E-state index in [1.807, 2.05) is 37.1 Å². The number of thiol groups is 1. The van der Waals surface area contributed by atoms with E-state index < -0.39 is 10.9 Å². The lowest BCUT2D eigenvalue weighted by Gasteiger charge is -2.14. The fraction of sp³-hybridized carbons (Fsp3) is 0.400. The highest BCUT2D eigenvalue weighted by Crippen LogP contribution is 2.53. The molecule has 16 heavy (non-hydrogen) atoms. The second-order valence-electron chi connectivity index (χ2n) is 3.27. The van der Waals surface area contributed by atoms with Crippen LogP contribution in [-0.2, 0) is 11.8 Å². The van der Waals surface area contributed by atoms with Crippen LogP contribution in [0.2, 0.25) is 0 Å². The molecule has 2 heterocycles. The second-order valence-corrected chi connectivity index (χ2v) is 6.31. The van der Waals surface area contributed by atoms with Crippen LogP contribution >= 0.6 is 22.7 Å². The van der Waals surface area contributed by atoms with Gasteiger partial charge in [0.1, 0.15) is 10.2 Å². The molecule has 0 N–H and O–H groups in total. The first-order chi connectivity index (χ1) is 7.69. The first kappa shape index (κ1) is 11.6. The molecule has 2 rings (SSSR count). The summed E-state index contributed by atoms with van der Waals surface area (Å²) < 4.78 is 7.93. The molecule has 1 unspecified atom stereocenters. The lowest BCUT2D eigenvalue weighted by atomic mass is 10.6. The van der Waals surface area contributed by atoms with Gasteiger partial charge in [-0.3, -0.25) is 0 Å². The Morgan fingerprint density at radius 2 is 2.44 bits per heavy atom. The third-order valence-electron chi connectivity index (χ3n) is 2.29. The SMILES string of the molecule is CCOC(=O)[SH]1C(SC)=Nc2c1ccn2C. The topological polar surface area (TPSA) is 43.6 Å². The summed E-state index contributed by atoms with van der Waals surface area (Å²) >= 11 is 1.53. The average Bonchev–Trinajstić information content (AvgIpc) is 2.79. The fourth-order valence-electron chi connectivity index (χ4n) is 1.56. The monoisotopic (exact) mass is 258 g/mol. The Kier molecular flexibility index (Phi) is 3.30. The number of carbonyl (C=O) groups is 1. The summed E-state index contributed by atoms with van der Waals surface area (Å²) in [5, 5.41) is -0.143. The van der Waals surface area contributed by atoms with Crippen molar-refractivity contribution in [3.05, 3.63) is 12.3 Å². The van der Waals surface area contributed by atoms with Crippen molar-refractivity contribution in [3.8, 4) is 0 Å². The van der Waals surface area contributed by atoms with Crippen LogP contribution in [0, 0.1) is 0 Å². The number of hydrogen-bond donors (Lipinski definition) is 1. The van der Waals surface area contributed by atoms with E-state index in [2.05, 4.69) is 4.99 Å². The first-order valence-electron chi connectivity index (χ1n) is 4.94. The van der Waals surface area contributed by atoms with Gasteiger partial charge in [-0.1, -0.05) is 10.9 Å². The van der Waals surface area contributed by atoms with Gasteiger partial charge in [0.05, 0.1) is 6.61 Å². The predicted molar refractivity (Wildman–Crippen MR) is 70.3 cm³/mol. The summed E-state index contributed by atoms with van der Waals surface area (Å²) in [6, 6.07) is 1.96. The van der Waals surface area contributed by atoms with E-state index in [9.17, 15) is 4.79 Å². The van der Waals surface area contributed by atoms with E-state index in [0.29, 0.717) is 6.61 Å². The number of rotatable bonds is 1. The number of thioether (sulfide) groups is 1. The van der Waals surface area contributed by atoms with Crippen molar-refractivity contribution >= 4 is 38.2 Å². The van der Waals surface area contributed by atoms with Gasteiger partial charge >= 0.3 is 5.30 Å². The van der Waals surface area contributed by atoms with Crippen LogP contribution in [0.4, 0.5) is 10.6 Å². The van der Waals surface area contributed by atoms with Crippen LogP contribution in [0.1, 0.15) is 6.92 Å². The Hall–Kier alpha value is -0.880. The minimum Gasteiger partial charge on any atom is -0.459 e. The molecule has 1 aromatic heterocycles. The van der Waals surface area contributed by atoms with Gasteiger partial charge in [-0.15, -0.1) is 11.8 Å². The summed E-state index contributed by atoms with van der Waals surface area (Å²) in [5.41, 5.74) is 0. The third kappa shape index (κ3) is 1.76. The maximum absolute atomic E-state index is 11.9. The van der Waals surface area contributed by atoms with Crippen LogP contribution in [0.15, 0.2) is 22.2 Å². The number of ether oxygens (including phenoxy) is 1. The van der Waals surface area contributed by atoms with Gasteiger partial charge in [0.25, 0.3) is 0 Å². The number of aryl methyl sites for hydroxylation is 1. The van der Waals surface area contributed by atoms with Crippen LogP contribution < -0.4 is 0 Å². The Morgan fingerprint density at radius 1 is 1.69 bits per heavy atom. The molecule has 0 bridgehead atoms. The molecule has 0 aromatic carbocycles. The summed E-state index contributed by atoms with van der Waals surface area (Å²) in [6.45, 7) is 2.24. The van der Waals surface area contributed by atoms with E-state index in [1.165, 1.54) is 11.8 Å². The molecular weight excluding hydrogens is 244 g/mol. The third-order valence-corrected chi connectivity index (χ3v) is 5.65. The zero-order valence-corrected chi connectivity index (χ0v) is 11.1. The number of fused-ring (bicyclic) bond motifs is 1. The molecule has 88 valence electrons. The highest BCUT2D eigenvalue weighted by atomic mass is 32.2. The van der Waals surface area contributed by atoms with Crippen molar-refractivity contribution < 1.29 is 9.53 Å². The fourth-order valence-corrected chi connectivity index (χ4v) is 4.63. The molecule has 1 aliphatic heterocycles. The maximum Gasteiger partial charge on any atom is 0.357 e. The molecular formula is C10H14N2O2S2. The number of carbonyl (C=O) groups excluding carboxylic acids is 1. The smallest absolute Gasteiger partial charge is 0.357 e. The summed E-state index contributed by atoms with van der Waals surface area (Å²) in [4.78, 5) is 17.4. The van der Waals surface area contributed by atoms with Crippen molar-refractivity contribution in [2.45, 2.75) is 11.8 Å². The van der Waals surface area contributed by atoms with Gasteiger partial charge < -0.3 is 9.30 Å². The molecule has 1 aliphatic rings. The molecule has 4 nitrogen and oxygen atoms in total. The summed E-state index contributed by atoms with van der Waals surface area (Å²) in [7, 11) is 0.895. The van der Waals surface area contributed by atoms with Crippen LogP contribution in [0.3, 0.4) is 0 Å². The molecule has 0 spiro atoms. The molecule has 0 radical (unpaired) electrons. The molecule has 0 saturated heterocycles. The molecule has 0 fully saturated rings. The first-order valence-corrected chi connectivity index (χ1v) is 7.50. The average molecular weight is 258 g/mol. The molecule has 0 amide bonds. The highest BCUT2D eigenvalue weighted by Gasteiger charge is 2.32. The Morgan fingerprint density at radius 3 is 3.06 bits per heavy atom. The zero-order chi connectivity index (χ0) is 11.7. The van der Waals surface area contributed by atoms with Gasteiger partial charge in [-0.25, -0.2) is 9.79 Å². The molecule has 1 aromatic rings. The number of nitrogens with zero attached hydrogens (tertiary/aromatic N) is 2. The summed E-state index contributed by atoms with van der Waals surface area (Å²) in [6.07, 6.45) is 3.87. The lowest BCUT2D eigenvalue weighted by Crippen LogP contribution is -2.06. The standard InChI is InChI=1S/C10H14N2O2S2/c1-4-14-10(13)16-7-5-6-12(2)8(7)11-9(16)15-3/h5-6,16H,4H2,1-3H3. The van der Waals surface area contributed by atoms with Gasteiger partial charge in [0.15, 0.2) is 0 Å². The van der Waals surface area contributed by atoms with Gasteiger partial charge in [-0.2, -0.15) is 0 Å². The van der Waals surface area contributed by atoms with Crippen LogP contribution in [0.25, 0.3) is 0 Å². The Labute approximate surface area is 101 Å². The maximum atomic E-state index is 11.9. The van der Waals surface area contributed by atoms with E-state index >= 15 is 0 Å². The van der Waals surface area contributed by atoms with Gasteiger partial charge in [0.2, 0.25) is 0 Å². The van der Waals surface area contributed by atoms with Crippen molar-refractivity contribution in [2.75, 3.05) is 12.9 Å². The van der Waals surface area contributed by atoms with Crippen molar-refractivity contribution in [3.63, 3.8) is 0 Å². The summed E-state index contributed by atoms with van der Waals surface area (Å²) in [5.74, 6) is 0.892. The molecule has 1 atom stereocenters. The Bertz CT molecular complexity index is 454.